The van der Waals surface area contributed by atoms with Gasteiger partial charge in [-0.25, -0.2) is 0 Å². The first-order valence-electron chi connectivity index (χ1n) is 6.98. The van der Waals surface area contributed by atoms with E-state index in [0.29, 0.717) is 13.0 Å². The summed E-state index contributed by atoms with van der Waals surface area (Å²) in [6, 6.07) is 0. The van der Waals surface area contributed by atoms with Crippen LogP contribution in [0.5, 0.6) is 0 Å². The molecule has 0 amide bonds. The minimum atomic E-state index is -0.0824. The standard InChI is InChI=1S/C14H29NO2/c1-5-8-9-13(6-2)12-15(4)11-10-14(16)17-7-3/h13H,5-12H2,1-4H3. The van der Waals surface area contributed by atoms with E-state index in [2.05, 4.69) is 25.8 Å². The summed E-state index contributed by atoms with van der Waals surface area (Å²) in [6.07, 6.45) is 5.61. The minimum Gasteiger partial charge on any atom is -0.466 e. The van der Waals surface area contributed by atoms with Crippen LogP contribution in [0.15, 0.2) is 0 Å². The summed E-state index contributed by atoms with van der Waals surface area (Å²) >= 11 is 0. The lowest BCUT2D eigenvalue weighted by Crippen LogP contribution is -2.28. The molecule has 0 aliphatic heterocycles. The van der Waals surface area contributed by atoms with Gasteiger partial charge in [0.25, 0.3) is 0 Å². The highest BCUT2D eigenvalue weighted by atomic mass is 16.5. The van der Waals surface area contributed by atoms with Gasteiger partial charge in [-0.15, -0.1) is 0 Å². The Labute approximate surface area is 107 Å². The number of ether oxygens (including phenoxy) is 1. The second-order valence-corrected chi connectivity index (χ2v) is 4.73. The molecular formula is C14H29NO2. The summed E-state index contributed by atoms with van der Waals surface area (Å²) in [5.41, 5.74) is 0. The molecule has 1 unspecified atom stereocenters. The lowest BCUT2D eigenvalue weighted by molar-refractivity contribution is -0.143. The Balaban J connectivity index is 3.73. The van der Waals surface area contributed by atoms with Crippen molar-refractivity contribution in [1.82, 2.24) is 4.90 Å². The van der Waals surface area contributed by atoms with Crippen LogP contribution >= 0.6 is 0 Å². The molecule has 0 aromatic carbocycles. The van der Waals surface area contributed by atoms with Gasteiger partial charge < -0.3 is 9.64 Å². The fourth-order valence-corrected chi connectivity index (χ4v) is 1.96. The molecule has 0 saturated carbocycles. The molecule has 0 fully saturated rings. The molecule has 0 N–H and O–H groups in total. The van der Waals surface area contributed by atoms with E-state index in [1.54, 1.807) is 0 Å². The third kappa shape index (κ3) is 9.16. The Kier molecular flexibility index (Phi) is 10.2. The third-order valence-corrected chi connectivity index (χ3v) is 3.12. The van der Waals surface area contributed by atoms with Crippen molar-refractivity contribution in [3.05, 3.63) is 0 Å². The highest BCUT2D eigenvalue weighted by Crippen LogP contribution is 2.13. The molecular weight excluding hydrogens is 214 g/mol. The van der Waals surface area contributed by atoms with Gasteiger partial charge in [0.05, 0.1) is 13.0 Å². The van der Waals surface area contributed by atoms with Gasteiger partial charge >= 0.3 is 5.97 Å². The second kappa shape index (κ2) is 10.6. The fraction of sp³-hybridized carbons (Fsp3) is 0.929. The van der Waals surface area contributed by atoms with Crippen molar-refractivity contribution in [2.24, 2.45) is 5.92 Å². The molecule has 0 spiro atoms. The maximum Gasteiger partial charge on any atom is 0.307 e. The van der Waals surface area contributed by atoms with Gasteiger partial charge in [0.15, 0.2) is 0 Å². The third-order valence-electron chi connectivity index (χ3n) is 3.12. The van der Waals surface area contributed by atoms with E-state index in [1.807, 2.05) is 6.92 Å². The van der Waals surface area contributed by atoms with Crippen LogP contribution in [-0.4, -0.2) is 37.6 Å². The maximum absolute atomic E-state index is 11.2. The van der Waals surface area contributed by atoms with Gasteiger partial charge in [-0.2, -0.15) is 0 Å². The number of hydrogen-bond acceptors (Lipinski definition) is 3. The summed E-state index contributed by atoms with van der Waals surface area (Å²) < 4.78 is 4.92. The zero-order valence-corrected chi connectivity index (χ0v) is 12.0. The van der Waals surface area contributed by atoms with E-state index in [4.69, 9.17) is 4.74 Å². The molecule has 3 nitrogen and oxygen atoms in total. The van der Waals surface area contributed by atoms with Crippen molar-refractivity contribution in [3.8, 4) is 0 Å². The van der Waals surface area contributed by atoms with E-state index in [1.165, 1.54) is 25.7 Å². The molecule has 0 saturated heterocycles. The SMILES string of the molecule is CCCCC(CC)CN(C)CCC(=O)OCC. The van der Waals surface area contributed by atoms with Gasteiger partial charge in [-0.3, -0.25) is 4.79 Å². The van der Waals surface area contributed by atoms with Crippen LogP contribution in [0.2, 0.25) is 0 Å². The molecule has 0 aromatic heterocycles. The Morgan fingerprint density at radius 3 is 2.53 bits per heavy atom. The summed E-state index contributed by atoms with van der Waals surface area (Å²) in [5.74, 6) is 0.683. The summed E-state index contributed by atoms with van der Waals surface area (Å²) in [7, 11) is 2.09. The minimum absolute atomic E-state index is 0.0824. The van der Waals surface area contributed by atoms with Crippen LogP contribution in [0.25, 0.3) is 0 Å². The Bertz CT molecular complexity index is 195. The Morgan fingerprint density at radius 1 is 1.29 bits per heavy atom. The monoisotopic (exact) mass is 243 g/mol. The number of carbonyl (C=O) groups is 1. The average molecular weight is 243 g/mol. The number of nitrogens with zero attached hydrogens (tertiary/aromatic N) is 1. The highest BCUT2D eigenvalue weighted by Gasteiger charge is 2.10. The van der Waals surface area contributed by atoms with Crippen LogP contribution in [0, 0.1) is 5.92 Å². The van der Waals surface area contributed by atoms with E-state index in [9.17, 15) is 4.79 Å². The highest BCUT2D eigenvalue weighted by molar-refractivity contribution is 5.69. The molecule has 0 radical (unpaired) electrons. The van der Waals surface area contributed by atoms with Crippen molar-refractivity contribution in [2.45, 2.75) is 52.9 Å². The zero-order chi connectivity index (χ0) is 13.1. The molecule has 102 valence electrons. The number of unbranched alkanes of at least 4 members (excludes halogenated alkanes) is 1. The lowest BCUT2D eigenvalue weighted by Gasteiger charge is -2.22. The van der Waals surface area contributed by atoms with E-state index in [-0.39, 0.29) is 5.97 Å². The van der Waals surface area contributed by atoms with E-state index in [0.717, 1.165) is 19.0 Å². The molecule has 0 bridgehead atoms. The van der Waals surface area contributed by atoms with Gasteiger partial charge in [-0.05, 0) is 26.3 Å². The van der Waals surface area contributed by atoms with Crippen LogP contribution in [0.1, 0.15) is 52.9 Å². The van der Waals surface area contributed by atoms with Crippen LogP contribution in [-0.2, 0) is 9.53 Å². The Hall–Kier alpha value is -0.570. The fourth-order valence-electron chi connectivity index (χ4n) is 1.96. The van der Waals surface area contributed by atoms with Crippen LogP contribution in [0.4, 0.5) is 0 Å². The van der Waals surface area contributed by atoms with Gasteiger partial charge in [0, 0.05) is 13.1 Å². The first-order chi connectivity index (χ1) is 8.13. The first kappa shape index (κ1) is 16.4. The molecule has 0 heterocycles. The van der Waals surface area contributed by atoms with Crippen molar-refractivity contribution in [1.29, 1.82) is 0 Å². The predicted octanol–water partition coefficient (Wildman–Crippen LogP) is 3.09. The molecule has 0 aromatic rings. The summed E-state index contributed by atoms with van der Waals surface area (Å²) in [4.78, 5) is 13.5. The summed E-state index contributed by atoms with van der Waals surface area (Å²) in [5, 5.41) is 0. The van der Waals surface area contributed by atoms with E-state index < -0.39 is 0 Å². The van der Waals surface area contributed by atoms with Gasteiger partial charge in [0.1, 0.15) is 0 Å². The van der Waals surface area contributed by atoms with Gasteiger partial charge in [0.2, 0.25) is 0 Å². The topological polar surface area (TPSA) is 29.5 Å². The van der Waals surface area contributed by atoms with Crippen molar-refractivity contribution in [2.75, 3.05) is 26.7 Å². The van der Waals surface area contributed by atoms with Crippen molar-refractivity contribution in [3.63, 3.8) is 0 Å². The molecule has 1 atom stereocenters. The van der Waals surface area contributed by atoms with Crippen LogP contribution in [0.3, 0.4) is 0 Å². The molecule has 0 rings (SSSR count). The molecule has 0 aliphatic carbocycles. The normalized spacial score (nSPS) is 12.8. The number of carbonyl (C=O) groups excluding carboxylic acids is 1. The van der Waals surface area contributed by atoms with Crippen LogP contribution < -0.4 is 0 Å². The van der Waals surface area contributed by atoms with Crippen molar-refractivity contribution >= 4 is 5.97 Å². The smallest absolute Gasteiger partial charge is 0.307 e. The molecule has 3 heteroatoms. The summed E-state index contributed by atoms with van der Waals surface area (Å²) in [6.45, 7) is 8.71. The number of esters is 1. The molecule has 17 heavy (non-hydrogen) atoms. The van der Waals surface area contributed by atoms with Crippen molar-refractivity contribution < 1.29 is 9.53 Å². The number of hydrogen-bond donors (Lipinski definition) is 0. The second-order valence-electron chi connectivity index (χ2n) is 4.73. The average Bonchev–Trinajstić information content (AvgIpc) is 2.32. The number of rotatable bonds is 10. The lowest BCUT2D eigenvalue weighted by atomic mass is 9.99. The zero-order valence-electron chi connectivity index (χ0n) is 12.0. The molecule has 0 aliphatic rings. The maximum atomic E-state index is 11.2. The first-order valence-corrected chi connectivity index (χ1v) is 6.98. The van der Waals surface area contributed by atoms with Gasteiger partial charge in [-0.1, -0.05) is 33.1 Å². The predicted molar refractivity (Wildman–Crippen MR) is 72.1 cm³/mol. The largest absolute Gasteiger partial charge is 0.466 e. The Morgan fingerprint density at radius 2 is 2.00 bits per heavy atom. The van der Waals surface area contributed by atoms with E-state index >= 15 is 0 Å². The quantitative estimate of drug-likeness (QED) is 0.552.